The highest BCUT2D eigenvalue weighted by atomic mass is 19.3. The van der Waals surface area contributed by atoms with Crippen molar-refractivity contribution in [2.45, 2.75) is 19.8 Å². The van der Waals surface area contributed by atoms with E-state index < -0.39 is 6.43 Å². The zero-order valence-electron chi connectivity index (χ0n) is 8.59. The van der Waals surface area contributed by atoms with Crippen molar-refractivity contribution in [2.75, 3.05) is 7.11 Å². The van der Waals surface area contributed by atoms with Gasteiger partial charge in [0.2, 0.25) is 0 Å². The van der Waals surface area contributed by atoms with Crippen molar-refractivity contribution in [1.29, 1.82) is 0 Å². The minimum Gasteiger partial charge on any atom is -0.496 e. The molecule has 15 heavy (non-hydrogen) atoms. The predicted molar refractivity (Wildman–Crippen MR) is 52.3 cm³/mol. The molecule has 82 valence electrons. The summed E-state index contributed by atoms with van der Waals surface area (Å²) in [4.78, 5) is 10.9. The van der Waals surface area contributed by atoms with Crippen molar-refractivity contribution >= 4 is 5.78 Å². The van der Waals surface area contributed by atoms with E-state index in [0.29, 0.717) is 11.3 Å². The number of hydrogen-bond donors (Lipinski definition) is 0. The summed E-state index contributed by atoms with van der Waals surface area (Å²) in [5, 5.41) is 0. The SMILES string of the molecule is COc1ccc(C(F)F)cc1CC(C)=O. The third-order valence-corrected chi connectivity index (χ3v) is 2.00. The van der Waals surface area contributed by atoms with Crippen LogP contribution in [0.2, 0.25) is 0 Å². The molecule has 0 N–H and O–H groups in total. The van der Waals surface area contributed by atoms with Crippen molar-refractivity contribution in [2.24, 2.45) is 0 Å². The molecule has 0 aromatic heterocycles. The van der Waals surface area contributed by atoms with Crippen LogP contribution in [0.1, 0.15) is 24.5 Å². The molecule has 1 aromatic carbocycles. The van der Waals surface area contributed by atoms with Crippen LogP contribution in [0.25, 0.3) is 0 Å². The van der Waals surface area contributed by atoms with Gasteiger partial charge in [0.25, 0.3) is 6.43 Å². The third-order valence-electron chi connectivity index (χ3n) is 2.00. The highest BCUT2D eigenvalue weighted by Gasteiger charge is 2.12. The molecule has 1 rings (SSSR count). The molecule has 1 aromatic rings. The zero-order valence-corrected chi connectivity index (χ0v) is 8.59. The van der Waals surface area contributed by atoms with Crippen LogP contribution in [0.4, 0.5) is 8.78 Å². The Morgan fingerprint density at radius 2 is 2.13 bits per heavy atom. The zero-order chi connectivity index (χ0) is 11.4. The number of benzene rings is 1. The molecule has 0 aliphatic carbocycles. The largest absolute Gasteiger partial charge is 0.496 e. The number of ether oxygens (including phenoxy) is 1. The number of Topliss-reactive ketones (excluding diaryl/α,β-unsaturated/α-hetero) is 1. The van der Waals surface area contributed by atoms with Gasteiger partial charge in [-0.05, 0) is 25.1 Å². The number of rotatable bonds is 4. The summed E-state index contributed by atoms with van der Waals surface area (Å²) in [7, 11) is 1.45. The van der Waals surface area contributed by atoms with Crippen molar-refractivity contribution in [3.05, 3.63) is 29.3 Å². The first-order valence-electron chi connectivity index (χ1n) is 4.49. The topological polar surface area (TPSA) is 26.3 Å². The smallest absolute Gasteiger partial charge is 0.263 e. The minimum absolute atomic E-state index is 0.0836. The molecule has 0 radical (unpaired) electrons. The lowest BCUT2D eigenvalue weighted by atomic mass is 10.1. The maximum absolute atomic E-state index is 12.4. The number of ketones is 1. The second kappa shape index (κ2) is 4.87. The molecule has 0 bridgehead atoms. The molecule has 0 atom stereocenters. The van der Waals surface area contributed by atoms with Crippen LogP contribution in [-0.2, 0) is 11.2 Å². The average Bonchev–Trinajstić information content (AvgIpc) is 2.16. The Morgan fingerprint density at radius 3 is 2.60 bits per heavy atom. The number of hydrogen-bond acceptors (Lipinski definition) is 2. The molecule has 0 heterocycles. The Kier molecular flexibility index (Phi) is 3.77. The number of carbonyl (C=O) groups excluding carboxylic acids is 1. The summed E-state index contributed by atoms with van der Waals surface area (Å²) in [5.41, 5.74) is 0.412. The fourth-order valence-electron chi connectivity index (χ4n) is 1.34. The standard InChI is InChI=1S/C11H12F2O2/c1-7(14)5-9-6-8(11(12)13)3-4-10(9)15-2/h3-4,6,11H,5H2,1-2H3. The Hall–Kier alpha value is -1.45. The first-order valence-corrected chi connectivity index (χ1v) is 4.49. The van der Waals surface area contributed by atoms with E-state index in [4.69, 9.17) is 4.74 Å². The summed E-state index contributed by atoms with van der Waals surface area (Å²) in [6, 6.07) is 4.07. The van der Waals surface area contributed by atoms with Crippen LogP contribution in [0.5, 0.6) is 5.75 Å². The van der Waals surface area contributed by atoms with E-state index in [1.807, 2.05) is 0 Å². The maximum Gasteiger partial charge on any atom is 0.263 e. The fraction of sp³-hybridized carbons (Fsp3) is 0.364. The van der Waals surface area contributed by atoms with Gasteiger partial charge in [0.1, 0.15) is 11.5 Å². The van der Waals surface area contributed by atoms with Crippen molar-refractivity contribution in [3.8, 4) is 5.75 Å². The van der Waals surface area contributed by atoms with Gasteiger partial charge in [-0.3, -0.25) is 4.79 Å². The average molecular weight is 214 g/mol. The van der Waals surface area contributed by atoms with Crippen LogP contribution in [0.15, 0.2) is 18.2 Å². The summed E-state index contributed by atoms with van der Waals surface area (Å²) in [6.45, 7) is 1.41. The monoisotopic (exact) mass is 214 g/mol. The lowest BCUT2D eigenvalue weighted by molar-refractivity contribution is -0.116. The van der Waals surface area contributed by atoms with Gasteiger partial charge in [-0.1, -0.05) is 0 Å². The normalized spacial score (nSPS) is 10.5. The number of carbonyl (C=O) groups is 1. The summed E-state index contributed by atoms with van der Waals surface area (Å²) >= 11 is 0. The second-order valence-electron chi connectivity index (χ2n) is 3.25. The van der Waals surface area contributed by atoms with Crippen LogP contribution >= 0.6 is 0 Å². The van der Waals surface area contributed by atoms with E-state index in [9.17, 15) is 13.6 Å². The molecule has 0 spiro atoms. The third kappa shape index (κ3) is 3.01. The minimum atomic E-state index is -2.53. The van der Waals surface area contributed by atoms with Crippen LogP contribution in [0.3, 0.4) is 0 Å². The Morgan fingerprint density at radius 1 is 1.47 bits per heavy atom. The molecular weight excluding hydrogens is 202 g/mol. The first kappa shape index (κ1) is 11.6. The molecule has 0 unspecified atom stereocenters. The predicted octanol–water partition coefficient (Wildman–Crippen LogP) is 2.76. The number of methoxy groups -OCH3 is 1. The van der Waals surface area contributed by atoms with E-state index in [1.165, 1.54) is 32.2 Å². The molecule has 0 aliphatic heterocycles. The second-order valence-corrected chi connectivity index (χ2v) is 3.25. The van der Waals surface area contributed by atoms with E-state index >= 15 is 0 Å². The van der Waals surface area contributed by atoms with E-state index in [1.54, 1.807) is 0 Å². The van der Waals surface area contributed by atoms with Crippen molar-refractivity contribution < 1.29 is 18.3 Å². The van der Waals surface area contributed by atoms with Gasteiger partial charge in [-0.2, -0.15) is 0 Å². The van der Waals surface area contributed by atoms with E-state index in [0.717, 1.165) is 0 Å². The number of alkyl halides is 2. The van der Waals surface area contributed by atoms with E-state index in [-0.39, 0.29) is 17.8 Å². The highest BCUT2D eigenvalue weighted by molar-refractivity contribution is 5.79. The Bertz CT molecular complexity index is 362. The Balaban J connectivity index is 3.07. The van der Waals surface area contributed by atoms with Crippen molar-refractivity contribution in [1.82, 2.24) is 0 Å². The fourth-order valence-corrected chi connectivity index (χ4v) is 1.34. The van der Waals surface area contributed by atoms with Crippen LogP contribution in [-0.4, -0.2) is 12.9 Å². The molecule has 0 aliphatic rings. The molecule has 2 nitrogen and oxygen atoms in total. The molecular formula is C11H12F2O2. The highest BCUT2D eigenvalue weighted by Crippen LogP contribution is 2.26. The molecule has 0 saturated carbocycles. The lowest BCUT2D eigenvalue weighted by Gasteiger charge is -2.09. The van der Waals surface area contributed by atoms with Gasteiger partial charge in [0, 0.05) is 17.5 Å². The van der Waals surface area contributed by atoms with Gasteiger partial charge in [0.05, 0.1) is 7.11 Å². The van der Waals surface area contributed by atoms with Crippen LogP contribution < -0.4 is 4.74 Å². The van der Waals surface area contributed by atoms with Crippen molar-refractivity contribution in [3.63, 3.8) is 0 Å². The Labute approximate surface area is 86.9 Å². The van der Waals surface area contributed by atoms with Gasteiger partial charge in [-0.25, -0.2) is 8.78 Å². The summed E-state index contributed by atoms with van der Waals surface area (Å²) in [5.74, 6) is 0.384. The number of halogens is 2. The molecule has 0 fully saturated rings. The molecule has 0 amide bonds. The summed E-state index contributed by atoms with van der Waals surface area (Å²) in [6.07, 6.45) is -2.41. The quantitative estimate of drug-likeness (QED) is 0.770. The molecule has 4 heteroatoms. The van der Waals surface area contributed by atoms with Gasteiger partial charge >= 0.3 is 0 Å². The maximum atomic E-state index is 12.4. The van der Waals surface area contributed by atoms with Crippen LogP contribution in [0, 0.1) is 0 Å². The first-order chi connectivity index (χ1) is 7.04. The van der Waals surface area contributed by atoms with E-state index in [2.05, 4.69) is 0 Å². The van der Waals surface area contributed by atoms with Gasteiger partial charge in [0.15, 0.2) is 0 Å². The summed E-state index contributed by atoms with van der Waals surface area (Å²) < 4.78 is 29.8. The van der Waals surface area contributed by atoms with Gasteiger partial charge < -0.3 is 4.74 Å². The molecule has 0 saturated heterocycles. The lowest BCUT2D eigenvalue weighted by Crippen LogP contribution is -2.00. The van der Waals surface area contributed by atoms with Gasteiger partial charge in [-0.15, -0.1) is 0 Å².